The van der Waals surface area contributed by atoms with E-state index in [2.05, 4.69) is 4.98 Å². The van der Waals surface area contributed by atoms with Gasteiger partial charge in [-0.05, 0) is 25.5 Å². The van der Waals surface area contributed by atoms with E-state index in [0.717, 1.165) is 22.0 Å². The summed E-state index contributed by atoms with van der Waals surface area (Å²) in [6.45, 7) is 3.98. The van der Waals surface area contributed by atoms with Gasteiger partial charge >= 0.3 is 5.63 Å². The second-order valence-electron chi connectivity index (χ2n) is 4.01. The first-order valence-corrected chi connectivity index (χ1v) is 5.19. The average Bonchev–Trinajstić information content (AvgIpc) is 2.57. The highest BCUT2D eigenvalue weighted by Gasteiger charge is 2.12. The second kappa shape index (κ2) is 2.98. The first-order valence-electron chi connectivity index (χ1n) is 5.19. The highest BCUT2D eigenvalue weighted by atomic mass is 16.4. The third-order valence-corrected chi connectivity index (χ3v) is 3.06. The Morgan fingerprint density at radius 3 is 2.75 bits per heavy atom. The van der Waals surface area contributed by atoms with Gasteiger partial charge in [-0.2, -0.15) is 0 Å². The Morgan fingerprint density at radius 1 is 1.19 bits per heavy atom. The Morgan fingerprint density at radius 2 is 1.94 bits per heavy atom. The maximum Gasteiger partial charge on any atom is 0.360 e. The molecule has 3 rings (SSSR count). The van der Waals surface area contributed by atoms with Crippen LogP contribution in [0.5, 0.6) is 0 Å². The maximum absolute atomic E-state index is 11.8. The van der Waals surface area contributed by atoms with Gasteiger partial charge in [0.15, 0.2) is 0 Å². The van der Waals surface area contributed by atoms with Crippen LogP contribution < -0.4 is 5.63 Å². The van der Waals surface area contributed by atoms with Gasteiger partial charge in [0.25, 0.3) is 0 Å². The molecular weight excluding hydrogens is 202 g/mol. The van der Waals surface area contributed by atoms with Crippen molar-refractivity contribution in [3.05, 3.63) is 45.9 Å². The summed E-state index contributed by atoms with van der Waals surface area (Å²) in [5.41, 5.74) is 3.03. The van der Waals surface area contributed by atoms with Crippen LogP contribution in [-0.4, -0.2) is 4.98 Å². The topological polar surface area (TPSA) is 46.0 Å². The molecule has 80 valence electrons. The Kier molecular flexibility index (Phi) is 1.72. The first kappa shape index (κ1) is 9.21. The van der Waals surface area contributed by atoms with Crippen molar-refractivity contribution in [2.45, 2.75) is 13.8 Å². The molecule has 0 bridgehead atoms. The van der Waals surface area contributed by atoms with E-state index in [1.54, 1.807) is 0 Å². The van der Waals surface area contributed by atoms with Gasteiger partial charge in [-0.15, -0.1) is 0 Å². The molecule has 16 heavy (non-hydrogen) atoms. The fourth-order valence-electron chi connectivity index (χ4n) is 2.12. The average molecular weight is 213 g/mol. The summed E-state index contributed by atoms with van der Waals surface area (Å²) in [4.78, 5) is 14.8. The monoisotopic (exact) mass is 213 g/mol. The van der Waals surface area contributed by atoms with Crippen molar-refractivity contribution >= 4 is 21.9 Å². The smallest absolute Gasteiger partial charge is 0.360 e. The molecule has 3 nitrogen and oxygen atoms in total. The van der Waals surface area contributed by atoms with Gasteiger partial charge in [0.2, 0.25) is 0 Å². The van der Waals surface area contributed by atoms with E-state index < -0.39 is 0 Å². The molecular formula is C13H11NO2. The summed E-state index contributed by atoms with van der Waals surface area (Å²) < 4.78 is 5.26. The van der Waals surface area contributed by atoms with Crippen LogP contribution in [0.3, 0.4) is 0 Å². The summed E-state index contributed by atoms with van der Waals surface area (Å²) in [5, 5.41) is 1.96. The molecule has 0 unspecified atom stereocenters. The van der Waals surface area contributed by atoms with Gasteiger partial charge in [0.1, 0.15) is 11.1 Å². The number of H-pyrrole nitrogens is 1. The number of rotatable bonds is 0. The molecule has 3 aromatic rings. The summed E-state index contributed by atoms with van der Waals surface area (Å²) in [7, 11) is 0. The van der Waals surface area contributed by atoms with Crippen LogP contribution >= 0.6 is 0 Å². The molecule has 1 aromatic carbocycles. The third-order valence-electron chi connectivity index (χ3n) is 3.06. The molecule has 0 amide bonds. The predicted octanol–water partition coefficient (Wildman–Crippen LogP) is 2.89. The number of aromatic amines is 1. The number of nitrogens with one attached hydrogen (secondary N) is 1. The van der Waals surface area contributed by atoms with Gasteiger partial charge < -0.3 is 9.40 Å². The zero-order valence-electron chi connectivity index (χ0n) is 9.13. The SMILES string of the molecule is Cc1[nH]c2c(=O)oc3ccccc3c2c1C. The van der Waals surface area contributed by atoms with E-state index in [0.29, 0.717) is 11.1 Å². The normalized spacial score (nSPS) is 11.4. The second-order valence-corrected chi connectivity index (χ2v) is 4.01. The van der Waals surface area contributed by atoms with E-state index in [4.69, 9.17) is 4.42 Å². The van der Waals surface area contributed by atoms with Crippen molar-refractivity contribution < 1.29 is 4.42 Å². The number of aromatic nitrogens is 1. The van der Waals surface area contributed by atoms with Crippen molar-refractivity contribution in [3.63, 3.8) is 0 Å². The maximum atomic E-state index is 11.8. The van der Waals surface area contributed by atoms with E-state index in [-0.39, 0.29) is 5.63 Å². The largest absolute Gasteiger partial charge is 0.421 e. The Hall–Kier alpha value is -2.03. The number of aryl methyl sites for hydroxylation is 2. The molecule has 1 N–H and O–H groups in total. The molecule has 0 fully saturated rings. The lowest BCUT2D eigenvalue weighted by Crippen LogP contribution is -1.99. The molecule has 0 aliphatic rings. The number of hydrogen-bond donors (Lipinski definition) is 1. The molecule has 0 saturated heterocycles. The Bertz CT molecular complexity index is 750. The number of hydrogen-bond acceptors (Lipinski definition) is 2. The van der Waals surface area contributed by atoms with E-state index >= 15 is 0 Å². The number of para-hydroxylation sites is 1. The summed E-state index contributed by atoms with van der Waals surface area (Å²) in [6.07, 6.45) is 0. The third kappa shape index (κ3) is 1.05. The van der Waals surface area contributed by atoms with Gasteiger partial charge in [0.05, 0.1) is 0 Å². The van der Waals surface area contributed by atoms with Crippen molar-refractivity contribution in [1.29, 1.82) is 0 Å². The molecule has 2 heterocycles. The van der Waals surface area contributed by atoms with Crippen LogP contribution in [0.25, 0.3) is 21.9 Å². The van der Waals surface area contributed by atoms with Crippen molar-refractivity contribution in [2.24, 2.45) is 0 Å². The minimum absolute atomic E-state index is 0.301. The fourth-order valence-corrected chi connectivity index (χ4v) is 2.12. The minimum atomic E-state index is -0.301. The highest BCUT2D eigenvalue weighted by molar-refractivity contribution is 6.05. The summed E-state index contributed by atoms with van der Waals surface area (Å²) in [6, 6.07) is 7.61. The van der Waals surface area contributed by atoms with Gasteiger partial charge in [0, 0.05) is 16.5 Å². The first-order chi connectivity index (χ1) is 7.68. The summed E-state index contributed by atoms with van der Waals surface area (Å²) >= 11 is 0. The van der Waals surface area contributed by atoms with Crippen molar-refractivity contribution in [3.8, 4) is 0 Å². The lowest BCUT2D eigenvalue weighted by atomic mass is 10.1. The van der Waals surface area contributed by atoms with E-state index in [1.165, 1.54) is 0 Å². The zero-order chi connectivity index (χ0) is 11.3. The Balaban J connectivity index is 2.73. The van der Waals surface area contributed by atoms with E-state index in [1.807, 2.05) is 38.1 Å². The van der Waals surface area contributed by atoms with Gasteiger partial charge in [-0.3, -0.25) is 0 Å². The highest BCUT2D eigenvalue weighted by Crippen LogP contribution is 2.26. The van der Waals surface area contributed by atoms with Crippen LogP contribution in [-0.2, 0) is 0 Å². The van der Waals surface area contributed by atoms with Crippen LogP contribution in [0.1, 0.15) is 11.3 Å². The van der Waals surface area contributed by atoms with Crippen LogP contribution in [0.4, 0.5) is 0 Å². The molecule has 0 radical (unpaired) electrons. The molecule has 0 aliphatic heterocycles. The van der Waals surface area contributed by atoms with Crippen molar-refractivity contribution in [1.82, 2.24) is 4.98 Å². The lowest BCUT2D eigenvalue weighted by Gasteiger charge is -1.98. The predicted molar refractivity (Wildman–Crippen MR) is 63.8 cm³/mol. The molecule has 0 saturated carbocycles. The molecule has 0 spiro atoms. The molecule has 0 aliphatic carbocycles. The van der Waals surface area contributed by atoms with Gasteiger partial charge in [-0.1, -0.05) is 18.2 Å². The quantitative estimate of drug-likeness (QED) is 0.583. The van der Waals surface area contributed by atoms with Crippen molar-refractivity contribution in [2.75, 3.05) is 0 Å². The standard InChI is InChI=1S/C13H11NO2/c1-7-8(2)14-12-11(7)9-5-3-4-6-10(9)16-13(12)15/h3-6,14H,1-2H3. The number of benzene rings is 1. The molecule has 3 heteroatoms. The zero-order valence-corrected chi connectivity index (χ0v) is 9.13. The minimum Gasteiger partial charge on any atom is -0.421 e. The van der Waals surface area contributed by atoms with Crippen LogP contribution in [0.15, 0.2) is 33.5 Å². The fraction of sp³-hybridized carbons (Fsp3) is 0.154. The van der Waals surface area contributed by atoms with Crippen LogP contribution in [0, 0.1) is 13.8 Å². The summed E-state index contributed by atoms with van der Waals surface area (Å²) in [5.74, 6) is 0. The molecule has 0 atom stereocenters. The number of fused-ring (bicyclic) bond motifs is 3. The van der Waals surface area contributed by atoms with Crippen LogP contribution in [0.2, 0.25) is 0 Å². The Labute approximate surface area is 91.7 Å². The molecule has 2 aromatic heterocycles. The van der Waals surface area contributed by atoms with Gasteiger partial charge in [-0.25, -0.2) is 4.79 Å². The lowest BCUT2D eigenvalue weighted by molar-refractivity contribution is 0.568. The van der Waals surface area contributed by atoms with E-state index in [9.17, 15) is 4.79 Å².